The van der Waals surface area contributed by atoms with Gasteiger partial charge in [0.25, 0.3) is 0 Å². The van der Waals surface area contributed by atoms with Gasteiger partial charge in [-0.15, -0.1) is 0 Å². The Morgan fingerprint density at radius 3 is 2.64 bits per heavy atom. The normalized spacial score (nSPS) is 11.1. The second-order valence-corrected chi connectivity index (χ2v) is 5.41. The molecule has 1 aromatic rings. The summed E-state index contributed by atoms with van der Waals surface area (Å²) in [4.78, 5) is 0. The van der Waals surface area contributed by atoms with E-state index < -0.39 is 0 Å². The molecule has 0 aliphatic rings. The molecule has 0 unspecified atom stereocenters. The van der Waals surface area contributed by atoms with Gasteiger partial charge in [0.05, 0.1) is 9.12 Å². The van der Waals surface area contributed by atoms with Crippen LogP contribution in [-0.2, 0) is 3.42 Å². The maximum Gasteiger partial charge on any atom is 0.206 e. The molecule has 4 heteroatoms. The Labute approximate surface area is 79.2 Å². The fraction of sp³-hybridized carbons (Fsp3) is 0.429. The van der Waals surface area contributed by atoms with Gasteiger partial charge in [0, 0.05) is 6.20 Å². The molecule has 58 valence electrons. The van der Waals surface area contributed by atoms with Crippen molar-refractivity contribution in [1.82, 2.24) is 9.78 Å². The second-order valence-electron chi connectivity index (χ2n) is 2.72. The van der Waals surface area contributed by atoms with Crippen molar-refractivity contribution in [1.29, 1.82) is 5.26 Å². The van der Waals surface area contributed by atoms with E-state index in [0.717, 1.165) is 5.69 Å². The minimum absolute atomic E-state index is 0.000139. The van der Waals surface area contributed by atoms with Gasteiger partial charge in [-0.25, -0.2) is 0 Å². The molecule has 1 aromatic heterocycles. The molecule has 1 rings (SSSR count). The number of rotatable bonds is 1. The van der Waals surface area contributed by atoms with Crippen LogP contribution in [0.25, 0.3) is 0 Å². The van der Waals surface area contributed by atoms with Crippen LogP contribution in [0.1, 0.15) is 19.5 Å². The molecule has 11 heavy (non-hydrogen) atoms. The maximum absolute atomic E-state index is 8.46. The van der Waals surface area contributed by atoms with E-state index in [2.05, 4.69) is 41.5 Å². The second kappa shape index (κ2) is 2.81. The van der Waals surface area contributed by atoms with Crippen LogP contribution in [0.3, 0.4) is 0 Å². The predicted molar refractivity (Wildman–Crippen MR) is 50.3 cm³/mol. The Morgan fingerprint density at radius 1 is 1.73 bits per heavy atom. The number of nitrogens with zero attached hydrogens (tertiary/aromatic N) is 3. The molecule has 0 saturated carbocycles. The van der Waals surface area contributed by atoms with E-state index >= 15 is 0 Å². The highest BCUT2D eigenvalue weighted by Crippen LogP contribution is 2.28. The van der Waals surface area contributed by atoms with E-state index in [1.54, 1.807) is 6.20 Å². The minimum atomic E-state index is -0.000139. The molecule has 0 bridgehead atoms. The molecule has 0 saturated heterocycles. The third kappa shape index (κ3) is 1.93. The lowest BCUT2D eigenvalue weighted by atomic mass is 10.1. The summed E-state index contributed by atoms with van der Waals surface area (Å²) < 4.78 is 1.26. The fourth-order valence-electron chi connectivity index (χ4n) is 0.697. The van der Waals surface area contributed by atoms with Crippen LogP contribution in [-0.4, -0.2) is 9.78 Å². The summed E-state index contributed by atoms with van der Waals surface area (Å²) in [5, 5.41) is 12.5. The summed E-state index contributed by atoms with van der Waals surface area (Å²) in [6, 6.07) is 1.86. The van der Waals surface area contributed by atoms with Crippen molar-refractivity contribution in [3.8, 4) is 6.19 Å². The number of aromatic nitrogens is 2. The maximum atomic E-state index is 8.46. The summed E-state index contributed by atoms with van der Waals surface area (Å²) in [6.07, 6.45) is 3.58. The molecule has 0 atom stereocenters. The first-order valence-corrected chi connectivity index (χ1v) is 4.27. The highest BCUT2D eigenvalue weighted by atomic mass is 127. The highest BCUT2D eigenvalue weighted by molar-refractivity contribution is 14.1. The summed E-state index contributed by atoms with van der Waals surface area (Å²) in [6.45, 7) is 4.11. The SMILES string of the molecule is CC(C)(I)c1ccn(C#N)n1. The molecule has 0 aromatic carbocycles. The zero-order valence-electron chi connectivity index (χ0n) is 6.37. The topological polar surface area (TPSA) is 41.6 Å². The van der Waals surface area contributed by atoms with E-state index in [9.17, 15) is 0 Å². The van der Waals surface area contributed by atoms with Crippen LogP contribution < -0.4 is 0 Å². The van der Waals surface area contributed by atoms with Crippen molar-refractivity contribution in [3.05, 3.63) is 18.0 Å². The highest BCUT2D eigenvalue weighted by Gasteiger charge is 2.18. The molecule has 0 amide bonds. The predicted octanol–water partition coefficient (Wildman–Crippen LogP) is 1.88. The average molecular weight is 261 g/mol. The molecule has 0 aliphatic carbocycles. The van der Waals surface area contributed by atoms with E-state index in [4.69, 9.17) is 5.26 Å². The van der Waals surface area contributed by atoms with Gasteiger partial charge in [0.1, 0.15) is 0 Å². The van der Waals surface area contributed by atoms with Gasteiger partial charge in [-0.3, -0.25) is 0 Å². The molecule has 0 radical (unpaired) electrons. The summed E-state index contributed by atoms with van der Waals surface area (Å²) in [7, 11) is 0. The zero-order valence-corrected chi connectivity index (χ0v) is 8.53. The molecule has 0 N–H and O–H groups in total. The van der Waals surface area contributed by atoms with E-state index in [0.29, 0.717) is 0 Å². The van der Waals surface area contributed by atoms with Crippen LogP contribution in [0.2, 0.25) is 0 Å². The lowest BCUT2D eigenvalue weighted by Crippen LogP contribution is -2.07. The number of nitriles is 1. The first-order valence-electron chi connectivity index (χ1n) is 3.19. The summed E-state index contributed by atoms with van der Waals surface area (Å²) >= 11 is 2.29. The third-order valence-corrected chi connectivity index (χ3v) is 1.85. The Morgan fingerprint density at radius 2 is 2.36 bits per heavy atom. The number of alkyl halides is 1. The lowest BCUT2D eigenvalue weighted by molar-refractivity contribution is 0.749. The number of hydrogen-bond donors (Lipinski definition) is 0. The summed E-state index contributed by atoms with van der Waals surface area (Å²) in [5.74, 6) is 0. The van der Waals surface area contributed by atoms with Gasteiger partial charge in [-0.05, 0) is 19.9 Å². The van der Waals surface area contributed by atoms with Gasteiger partial charge in [0.2, 0.25) is 6.19 Å². The van der Waals surface area contributed by atoms with Gasteiger partial charge in [-0.1, -0.05) is 22.6 Å². The Balaban J connectivity index is 3.01. The van der Waals surface area contributed by atoms with Crippen LogP contribution in [0, 0.1) is 11.5 Å². The quantitative estimate of drug-likeness (QED) is 0.572. The van der Waals surface area contributed by atoms with Crippen LogP contribution >= 0.6 is 22.6 Å². The van der Waals surface area contributed by atoms with E-state index in [-0.39, 0.29) is 3.42 Å². The van der Waals surface area contributed by atoms with Crippen LogP contribution in [0.15, 0.2) is 12.3 Å². The monoisotopic (exact) mass is 261 g/mol. The van der Waals surface area contributed by atoms with Crippen molar-refractivity contribution in [2.75, 3.05) is 0 Å². The fourth-order valence-corrected chi connectivity index (χ4v) is 0.984. The van der Waals surface area contributed by atoms with Crippen molar-refractivity contribution in [2.45, 2.75) is 17.3 Å². The Kier molecular flexibility index (Phi) is 2.18. The van der Waals surface area contributed by atoms with Gasteiger partial charge in [0.15, 0.2) is 0 Å². The largest absolute Gasteiger partial charge is 0.206 e. The van der Waals surface area contributed by atoms with Crippen molar-refractivity contribution >= 4 is 22.6 Å². The standard InChI is InChI=1S/C7H8IN3/c1-7(2,8)6-3-4-11(5-9)10-6/h3-4H,1-2H3. The first kappa shape index (κ1) is 8.53. The molecule has 1 heterocycles. The van der Waals surface area contributed by atoms with Gasteiger partial charge in [-0.2, -0.15) is 15.0 Å². The van der Waals surface area contributed by atoms with Crippen LogP contribution in [0.4, 0.5) is 0 Å². The van der Waals surface area contributed by atoms with Crippen molar-refractivity contribution < 1.29 is 0 Å². The van der Waals surface area contributed by atoms with E-state index in [1.807, 2.05) is 12.3 Å². The van der Waals surface area contributed by atoms with E-state index in [1.165, 1.54) is 4.68 Å². The molecule has 3 nitrogen and oxygen atoms in total. The third-order valence-electron chi connectivity index (χ3n) is 1.30. The Bertz CT molecular complexity index is 289. The first-order chi connectivity index (χ1) is 5.04. The zero-order chi connectivity index (χ0) is 8.48. The molecular formula is C7H8IN3. The van der Waals surface area contributed by atoms with Gasteiger partial charge < -0.3 is 0 Å². The van der Waals surface area contributed by atoms with Gasteiger partial charge >= 0.3 is 0 Å². The minimum Gasteiger partial charge on any atom is -0.174 e. The van der Waals surface area contributed by atoms with Crippen LogP contribution in [0.5, 0.6) is 0 Å². The summed E-state index contributed by atoms with van der Waals surface area (Å²) in [5.41, 5.74) is 0.930. The average Bonchev–Trinajstić information content (AvgIpc) is 2.32. The molecule has 0 aliphatic heterocycles. The molecule has 0 spiro atoms. The lowest BCUT2D eigenvalue weighted by Gasteiger charge is -2.11. The molecule has 0 fully saturated rings. The van der Waals surface area contributed by atoms with Crippen molar-refractivity contribution in [3.63, 3.8) is 0 Å². The number of hydrogen-bond acceptors (Lipinski definition) is 2. The Hall–Kier alpha value is -0.570. The smallest absolute Gasteiger partial charge is 0.174 e. The number of halogens is 1. The van der Waals surface area contributed by atoms with Crippen molar-refractivity contribution in [2.24, 2.45) is 0 Å². The molecular weight excluding hydrogens is 253 g/mol.